The van der Waals surface area contributed by atoms with Crippen LogP contribution in [-0.2, 0) is 4.79 Å². The van der Waals surface area contributed by atoms with Gasteiger partial charge < -0.3 is 19.7 Å². The number of piperazine rings is 1. The monoisotopic (exact) mass is 412 g/mol. The number of nitro benzene ring substituents is 1. The van der Waals surface area contributed by atoms with Crippen LogP contribution in [0.3, 0.4) is 0 Å². The van der Waals surface area contributed by atoms with Crippen molar-refractivity contribution in [3.05, 3.63) is 52.6 Å². The van der Waals surface area contributed by atoms with E-state index in [4.69, 9.17) is 9.47 Å². The van der Waals surface area contributed by atoms with Crippen LogP contribution in [0.4, 0.5) is 17.1 Å². The number of nitrogens with one attached hydrogen (secondary N) is 1. The highest BCUT2D eigenvalue weighted by Crippen LogP contribution is 2.32. The number of benzene rings is 2. The van der Waals surface area contributed by atoms with Crippen LogP contribution in [-0.4, -0.2) is 61.7 Å². The summed E-state index contributed by atoms with van der Waals surface area (Å²) in [5, 5.41) is 13.7. The van der Waals surface area contributed by atoms with Crippen LogP contribution in [0.1, 0.15) is 6.42 Å². The molecule has 0 aromatic heterocycles. The predicted octanol–water partition coefficient (Wildman–Crippen LogP) is 2.52. The van der Waals surface area contributed by atoms with Crippen molar-refractivity contribution in [2.45, 2.75) is 6.42 Å². The minimum absolute atomic E-state index is 0.0757. The second-order valence-corrected chi connectivity index (χ2v) is 7.30. The van der Waals surface area contributed by atoms with E-state index in [1.165, 1.54) is 12.1 Å². The third-order valence-electron chi connectivity index (χ3n) is 5.20. The Morgan fingerprint density at radius 2 is 1.70 bits per heavy atom. The van der Waals surface area contributed by atoms with Gasteiger partial charge in [0.1, 0.15) is 0 Å². The Morgan fingerprint density at radius 1 is 1.00 bits per heavy atom. The van der Waals surface area contributed by atoms with Gasteiger partial charge in [-0.3, -0.25) is 19.8 Å². The van der Waals surface area contributed by atoms with Gasteiger partial charge in [-0.05, 0) is 24.3 Å². The number of carbonyl (C=O) groups is 1. The molecule has 1 amide bonds. The van der Waals surface area contributed by atoms with Crippen molar-refractivity contribution in [3.8, 4) is 11.5 Å². The van der Waals surface area contributed by atoms with E-state index in [0.29, 0.717) is 36.9 Å². The predicted molar refractivity (Wildman–Crippen MR) is 112 cm³/mol. The number of carbonyl (C=O) groups excluding carboxylic acids is 1. The molecule has 158 valence electrons. The molecule has 1 N–H and O–H groups in total. The molecule has 0 atom stereocenters. The highest BCUT2D eigenvalue weighted by molar-refractivity contribution is 5.92. The maximum absolute atomic E-state index is 12.5. The molecule has 4 rings (SSSR count). The van der Waals surface area contributed by atoms with Gasteiger partial charge in [0, 0.05) is 62.2 Å². The molecule has 0 spiro atoms. The van der Waals surface area contributed by atoms with Gasteiger partial charge in [0.05, 0.1) is 24.7 Å². The van der Waals surface area contributed by atoms with Crippen LogP contribution in [0.25, 0.3) is 0 Å². The summed E-state index contributed by atoms with van der Waals surface area (Å²) in [4.78, 5) is 27.1. The van der Waals surface area contributed by atoms with E-state index in [0.717, 1.165) is 38.3 Å². The Labute approximate surface area is 174 Å². The van der Waals surface area contributed by atoms with E-state index in [1.54, 1.807) is 18.2 Å². The van der Waals surface area contributed by atoms with Crippen LogP contribution < -0.4 is 19.7 Å². The minimum Gasteiger partial charge on any atom is -0.490 e. The van der Waals surface area contributed by atoms with E-state index >= 15 is 0 Å². The lowest BCUT2D eigenvalue weighted by molar-refractivity contribution is -0.384. The van der Waals surface area contributed by atoms with Gasteiger partial charge in [0.15, 0.2) is 11.5 Å². The van der Waals surface area contributed by atoms with Crippen molar-refractivity contribution in [3.63, 3.8) is 0 Å². The van der Waals surface area contributed by atoms with Gasteiger partial charge in [-0.2, -0.15) is 0 Å². The molecule has 9 heteroatoms. The van der Waals surface area contributed by atoms with Crippen LogP contribution in [0.15, 0.2) is 42.5 Å². The van der Waals surface area contributed by atoms with Gasteiger partial charge >= 0.3 is 0 Å². The molecule has 0 saturated carbocycles. The molecule has 1 saturated heterocycles. The normalized spacial score (nSPS) is 16.6. The molecule has 2 heterocycles. The zero-order valence-electron chi connectivity index (χ0n) is 16.6. The zero-order chi connectivity index (χ0) is 20.9. The van der Waals surface area contributed by atoms with E-state index in [-0.39, 0.29) is 11.6 Å². The molecule has 0 unspecified atom stereocenters. The first-order valence-electron chi connectivity index (χ1n) is 10.00. The maximum Gasteiger partial charge on any atom is 0.269 e. The number of nitrogens with zero attached hydrogens (tertiary/aromatic N) is 3. The minimum atomic E-state index is -0.399. The van der Waals surface area contributed by atoms with Gasteiger partial charge in [-0.15, -0.1) is 0 Å². The molecule has 0 radical (unpaired) electrons. The first kappa shape index (κ1) is 20.0. The fraction of sp³-hybridized carbons (Fsp3) is 0.381. The molecular weight excluding hydrogens is 388 g/mol. The topological polar surface area (TPSA) is 97.2 Å². The van der Waals surface area contributed by atoms with Crippen LogP contribution >= 0.6 is 0 Å². The Bertz CT molecular complexity index is 910. The Balaban J connectivity index is 1.27. The van der Waals surface area contributed by atoms with Crippen LogP contribution in [0, 0.1) is 10.1 Å². The lowest BCUT2D eigenvalue weighted by Crippen LogP contribution is -2.48. The third-order valence-corrected chi connectivity index (χ3v) is 5.20. The molecule has 2 aromatic carbocycles. The number of ether oxygens (including phenoxy) is 2. The molecule has 2 aromatic rings. The summed E-state index contributed by atoms with van der Waals surface area (Å²) < 4.78 is 11.3. The summed E-state index contributed by atoms with van der Waals surface area (Å²) in [6, 6.07) is 12.0. The highest BCUT2D eigenvalue weighted by atomic mass is 16.6. The fourth-order valence-electron chi connectivity index (χ4n) is 3.59. The van der Waals surface area contributed by atoms with Gasteiger partial charge in [0.2, 0.25) is 5.91 Å². The summed E-state index contributed by atoms with van der Waals surface area (Å²) in [7, 11) is 0. The van der Waals surface area contributed by atoms with Crippen molar-refractivity contribution in [1.82, 2.24) is 4.90 Å². The number of hydrogen-bond donors (Lipinski definition) is 1. The van der Waals surface area contributed by atoms with Crippen molar-refractivity contribution >= 4 is 23.0 Å². The van der Waals surface area contributed by atoms with Crippen molar-refractivity contribution < 1.29 is 19.2 Å². The number of hydrogen-bond acceptors (Lipinski definition) is 7. The summed E-state index contributed by atoms with van der Waals surface area (Å²) in [6.45, 7) is 4.54. The molecular formula is C21H24N4O5. The summed E-state index contributed by atoms with van der Waals surface area (Å²) in [5.41, 5.74) is 1.73. The number of non-ortho nitro benzene ring substituents is 1. The summed E-state index contributed by atoms with van der Waals surface area (Å²) >= 11 is 0. The Morgan fingerprint density at radius 3 is 2.40 bits per heavy atom. The molecule has 9 nitrogen and oxygen atoms in total. The number of amides is 1. The standard InChI is InChI=1S/C21H24N4O5/c26-21(22-16-2-7-19-20(14-16)30-13-1-12-29-19)15-23-8-10-24(11-9-23)17-3-5-18(6-4-17)25(27)28/h2-7,14H,1,8-13,15H2,(H,22,26). The molecule has 2 aliphatic rings. The van der Waals surface area contributed by atoms with Gasteiger partial charge in [-0.25, -0.2) is 0 Å². The Hall–Kier alpha value is -3.33. The zero-order valence-corrected chi connectivity index (χ0v) is 16.6. The maximum atomic E-state index is 12.5. The number of rotatable bonds is 5. The molecule has 0 aliphatic carbocycles. The molecule has 30 heavy (non-hydrogen) atoms. The van der Waals surface area contributed by atoms with Crippen molar-refractivity contribution in [2.24, 2.45) is 0 Å². The van der Waals surface area contributed by atoms with Crippen LogP contribution in [0.2, 0.25) is 0 Å². The van der Waals surface area contributed by atoms with Crippen molar-refractivity contribution in [2.75, 3.05) is 56.2 Å². The number of nitro groups is 1. The Kier molecular flexibility index (Phi) is 5.99. The molecule has 0 bridgehead atoms. The first-order valence-corrected chi connectivity index (χ1v) is 10.00. The number of anilines is 2. The smallest absolute Gasteiger partial charge is 0.269 e. The second-order valence-electron chi connectivity index (χ2n) is 7.30. The highest BCUT2D eigenvalue weighted by Gasteiger charge is 2.20. The van der Waals surface area contributed by atoms with Gasteiger partial charge in [0.25, 0.3) is 5.69 Å². The van der Waals surface area contributed by atoms with Crippen molar-refractivity contribution in [1.29, 1.82) is 0 Å². The van der Waals surface area contributed by atoms with E-state index in [1.807, 2.05) is 12.1 Å². The van der Waals surface area contributed by atoms with E-state index < -0.39 is 4.92 Å². The quantitative estimate of drug-likeness (QED) is 0.595. The summed E-state index contributed by atoms with van der Waals surface area (Å²) in [5.74, 6) is 1.28. The SMILES string of the molecule is O=C(CN1CCN(c2ccc([N+](=O)[O-])cc2)CC1)Nc1ccc2c(c1)OCCCO2. The van der Waals surface area contributed by atoms with E-state index in [9.17, 15) is 14.9 Å². The van der Waals surface area contributed by atoms with Gasteiger partial charge in [-0.1, -0.05) is 0 Å². The molecule has 1 fully saturated rings. The first-order chi connectivity index (χ1) is 14.6. The average molecular weight is 412 g/mol. The number of fused-ring (bicyclic) bond motifs is 1. The fourth-order valence-corrected chi connectivity index (χ4v) is 3.59. The summed E-state index contributed by atoms with van der Waals surface area (Å²) in [6.07, 6.45) is 0.836. The second kappa shape index (κ2) is 9.00. The van der Waals surface area contributed by atoms with Crippen LogP contribution in [0.5, 0.6) is 11.5 Å². The lowest BCUT2D eigenvalue weighted by Gasteiger charge is -2.35. The molecule has 2 aliphatic heterocycles. The van der Waals surface area contributed by atoms with E-state index in [2.05, 4.69) is 15.1 Å². The third kappa shape index (κ3) is 4.80. The average Bonchev–Trinajstić information content (AvgIpc) is 2.99. The largest absolute Gasteiger partial charge is 0.490 e. The lowest BCUT2D eigenvalue weighted by atomic mass is 10.2.